The van der Waals surface area contributed by atoms with Crippen molar-refractivity contribution >= 4 is 23.5 Å². The average Bonchev–Trinajstić information content (AvgIpc) is 3.27. The van der Waals surface area contributed by atoms with Crippen molar-refractivity contribution < 1.29 is 19.1 Å². The fraction of sp³-hybridized carbons (Fsp3) is 0.471. The molecule has 0 bridgehead atoms. The molecule has 4 amide bonds. The zero-order valence-corrected chi connectivity index (χ0v) is 13.5. The Morgan fingerprint density at radius 1 is 1.00 bits per heavy atom. The molecule has 3 aliphatic heterocycles. The highest BCUT2D eigenvalue weighted by Gasteiger charge is 2.53. The molecule has 3 fully saturated rings. The van der Waals surface area contributed by atoms with E-state index in [1.54, 1.807) is 23.0 Å². The molecular formula is C17H19N3O4. The molecule has 0 N–H and O–H groups in total. The molecule has 2 atom stereocenters. The average molecular weight is 329 g/mol. The van der Waals surface area contributed by atoms with Crippen molar-refractivity contribution in [3.05, 3.63) is 24.3 Å². The van der Waals surface area contributed by atoms with Crippen LogP contribution in [0.3, 0.4) is 0 Å². The van der Waals surface area contributed by atoms with E-state index in [2.05, 4.69) is 0 Å². The maximum Gasteiger partial charge on any atom is 0.328 e. The van der Waals surface area contributed by atoms with Crippen molar-refractivity contribution in [2.24, 2.45) is 0 Å². The van der Waals surface area contributed by atoms with Crippen molar-refractivity contribution in [1.29, 1.82) is 0 Å². The summed E-state index contributed by atoms with van der Waals surface area (Å²) in [7, 11) is 1.55. The van der Waals surface area contributed by atoms with Gasteiger partial charge in [-0.1, -0.05) is 12.1 Å². The Morgan fingerprint density at radius 2 is 1.79 bits per heavy atom. The summed E-state index contributed by atoms with van der Waals surface area (Å²) in [5.74, 6) is 0.159. The lowest BCUT2D eigenvalue weighted by molar-refractivity contribution is -0.133. The quantitative estimate of drug-likeness (QED) is 0.782. The van der Waals surface area contributed by atoms with Crippen LogP contribution in [0.4, 0.5) is 10.5 Å². The minimum absolute atomic E-state index is 0.220. The van der Waals surface area contributed by atoms with E-state index in [-0.39, 0.29) is 23.9 Å². The molecule has 1 aromatic rings. The first kappa shape index (κ1) is 15.0. The van der Waals surface area contributed by atoms with E-state index < -0.39 is 6.04 Å². The van der Waals surface area contributed by atoms with Gasteiger partial charge in [-0.25, -0.2) is 9.69 Å². The smallest absolute Gasteiger partial charge is 0.328 e. The Kier molecular flexibility index (Phi) is 3.44. The van der Waals surface area contributed by atoms with Gasteiger partial charge in [0, 0.05) is 13.1 Å². The minimum atomic E-state index is -0.708. The van der Waals surface area contributed by atoms with Crippen molar-refractivity contribution in [2.45, 2.75) is 31.3 Å². The van der Waals surface area contributed by atoms with E-state index in [0.29, 0.717) is 37.4 Å². The van der Waals surface area contributed by atoms with Crippen molar-refractivity contribution in [3.63, 3.8) is 0 Å². The van der Waals surface area contributed by atoms with Gasteiger partial charge in [0.2, 0.25) is 0 Å². The molecule has 7 nitrogen and oxygen atoms in total. The highest BCUT2D eigenvalue weighted by molar-refractivity contribution is 6.11. The van der Waals surface area contributed by atoms with Gasteiger partial charge in [0.25, 0.3) is 11.8 Å². The number of carbonyl (C=O) groups excluding carboxylic acids is 3. The number of ether oxygens (including phenoxy) is 1. The maximum atomic E-state index is 12.9. The number of carbonyl (C=O) groups is 3. The van der Waals surface area contributed by atoms with Gasteiger partial charge >= 0.3 is 6.03 Å². The van der Waals surface area contributed by atoms with Crippen LogP contribution in [0.25, 0.3) is 0 Å². The van der Waals surface area contributed by atoms with Gasteiger partial charge in [0.15, 0.2) is 0 Å². The van der Waals surface area contributed by atoms with Crippen LogP contribution >= 0.6 is 0 Å². The van der Waals surface area contributed by atoms with Crippen LogP contribution in [-0.2, 0) is 9.59 Å². The molecule has 2 unspecified atom stereocenters. The van der Waals surface area contributed by atoms with Gasteiger partial charge in [-0.3, -0.25) is 9.59 Å². The second-order valence-corrected chi connectivity index (χ2v) is 6.31. The largest absolute Gasteiger partial charge is 0.495 e. The fourth-order valence-corrected chi connectivity index (χ4v) is 3.93. The molecule has 7 heteroatoms. The second-order valence-electron chi connectivity index (χ2n) is 6.31. The summed E-state index contributed by atoms with van der Waals surface area (Å²) < 4.78 is 5.32. The molecule has 0 aliphatic carbocycles. The van der Waals surface area contributed by atoms with Gasteiger partial charge in [-0.15, -0.1) is 0 Å². The van der Waals surface area contributed by atoms with Gasteiger partial charge in [-0.05, 0) is 31.4 Å². The lowest BCUT2D eigenvalue weighted by Gasteiger charge is -2.23. The van der Waals surface area contributed by atoms with Crippen LogP contribution in [0.5, 0.6) is 5.75 Å². The number of urea groups is 1. The number of amides is 4. The Hall–Kier alpha value is -2.57. The summed E-state index contributed by atoms with van der Waals surface area (Å²) in [6.07, 6.45) is 2.00. The highest BCUT2D eigenvalue weighted by Crippen LogP contribution is 2.35. The summed E-state index contributed by atoms with van der Waals surface area (Å²) >= 11 is 0. The van der Waals surface area contributed by atoms with Crippen LogP contribution in [0.15, 0.2) is 24.3 Å². The maximum absolute atomic E-state index is 12.9. The van der Waals surface area contributed by atoms with E-state index in [4.69, 9.17) is 4.74 Å². The van der Waals surface area contributed by atoms with Crippen LogP contribution < -0.4 is 9.64 Å². The van der Waals surface area contributed by atoms with Crippen LogP contribution in [-0.4, -0.2) is 59.9 Å². The molecule has 4 rings (SSSR count). The summed E-state index contributed by atoms with van der Waals surface area (Å²) in [4.78, 5) is 42.4. The Labute approximate surface area is 139 Å². The van der Waals surface area contributed by atoms with Crippen LogP contribution in [0.1, 0.15) is 19.3 Å². The van der Waals surface area contributed by atoms with Crippen molar-refractivity contribution in [3.8, 4) is 5.75 Å². The Bertz CT molecular complexity index is 698. The summed E-state index contributed by atoms with van der Waals surface area (Å²) in [5.41, 5.74) is 0.673. The normalized spacial score (nSPS) is 26.5. The van der Waals surface area contributed by atoms with Crippen LogP contribution in [0, 0.1) is 0 Å². The monoisotopic (exact) mass is 329 g/mol. The predicted octanol–water partition coefficient (Wildman–Crippen LogP) is 1.23. The molecule has 126 valence electrons. The zero-order chi connectivity index (χ0) is 16.8. The number of hydrogen-bond acceptors (Lipinski definition) is 4. The first-order valence-electron chi connectivity index (χ1n) is 8.21. The molecule has 0 spiro atoms. The zero-order valence-electron chi connectivity index (χ0n) is 13.5. The number of nitrogens with zero attached hydrogens (tertiary/aromatic N) is 3. The number of hydrogen-bond donors (Lipinski definition) is 0. The summed E-state index contributed by atoms with van der Waals surface area (Å²) in [6, 6.07) is 5.88. The van der Waals surface area contributed by atoms with Crippen LogP contribution in [0.2, 0.25) is 0 Å². The predicted molar refractivity (Wildman–Crippen MR) is 85.7 cm³/mol. The molecule has 3 heterocycles. The third kappa shape index (κ3) is 2.00. The topological polar surface area (TPSA) is 70.2 Å². The molecule has 0 aromatic heterocycles. The molecule has 0 radical (unpaired) electrons. The number of methoxy groups -OCH3 is 1. The van der Waals surface area contributed by atoms with Gasteiger partial charge in [-0.2, -0.15) is 0 Å². The Morgan fingerprint density at radius 3 is 2.54 bits per heavy atom. The van der Waals surface area contributed by atoms with Crippen molar-refractivity contribution in [1.82, 2.24) is 9.80 Å². The Balaban J connectivity index is 1.60. The molecule has 3 aliphatic rings. The molecule has 0 saturated carbocycles. The van der Waals surface area contributed by atoms with E-state index in [9.17, 15) is 14.4 Å². The lowest BCUT2D eigenvalue weighted by atomic mass is 10.1. The minimum Gasteiger partial charge on any atom is -0.495 e. The number of para-hydroxylation sites is 2. The van der Waals surface area contributed by atoms with Gasteiger partial charge < -0.3 is 14.5 Å². The summed E-state index contributed by atoms with van der Waals surface area (Å²) in [6.45, 7) is 1.06. The highest BCUT2D eigenvalue weighted by atomic mass is 16.5. The van der Waals surface area contributed by atoms with E-state index in [0.717, 1.165) is 6.42 Å². The number of fused-ring (bicyclic) bond motifs is 1. The van der Waals surface area contributed by atoms with E-state index >= 15 is 0 Å². The first-order valence-corrected chi connectivity index (χ1v) is 8.21. The lowest BCUT2D eigenvalue weighted by Crippen LogP contribution is -2.46. The van der Waals surface area contributed by atoms with E-state index in [1.165, 1.54) is 4.90 Å². The van der Waals surface area contributed by atoms with E-state index in [1.807, 2.05) is 18.2 Å². The molecule has 3 saturated heterocycles. The first-order chi connectivity index (χ1) is 11.6. The van der Waals surface area contributed by atoms with Crippen molar-refractivity contribution in [2.75, 3.05) is 25.1 Å². The number of anilines is 1. The number of benzene rings is 1. The standard InChI is InChI=1S/C17H19N3O4/c1-24-14-7-3-2-5-11(14)18-10-8-13(15(18)21)20-16(22)12-6-4-9-19(12)17(20)23/h2-3,5,7,12-13H,4,6,8-10H2,1H3. The third-order valence-electron chi connectivity index (χ3n) is 5.09. The molecular weight excluding hydrogens is 310 g/mol. The SMILES string of the molecule is COc1ccccc1N1CCC(N2C(=O)C3CCCN3C2=O)C1=O. The third-order valence-corrected chi connectivity index (χ3v) is 5.09. The van der Waals surface area contributed by atoms with Gasteiger partial charge in [0.1, 0.15) is 17.8 Å². The molecule has 1 aromatic carbocycles. The number of rotatable bonds is 3. The summed E-state index contributed by atoms with van der Waals surface area (Å²) in [5, 5.41) is 0. The second kappa shape index (κ2) is 5.51. The fourth-order valence-electron chi connectivity index (χ4n) is 3.93. The molecule has 24 heavy (non-hydrogen) atoms. The number of imide groups is 1. The van der Waals surface area contributed by atoms with Gasteiger partial charge in [0.05, 0.1) is 12.8 Å².